The summed E-state index contributed by atoms with van der Waals surface area (Å²) in [6.45, 7) is 7.31. The summed E-state index contributed by atoms with van der Waals surface area (Å²) < 4.78 is 0. The Kier molecular flexibility index (Phi) is 5.62. The number of carbonyl (C=O) groups is 2. The van der Waals surface area contributed by atoms with E-state index in [-0.39, 0.29) is 23.8 Å². The van der Waals surface area contributed by atoms with Gasteiger partial charge in [-0.3, -0.25) is 14.5 Å². The number of rotatable bonds is 5. The Bertz CT molecular complexity index is 275. The summed E-state index contributed by atoms with van der Waals surface area (Å²) in [5.41, 5.74) is 0. The molecule has 1 unspecified atom stereocenters. The summed E-state index contributed by atoms with van der Waals surface area (Å²) >= 11 is 0. The van der Waals surface area contributed by atoms with Gasteiger partial charge < -0.3 is 5.32 Å². The van der Waals surface area contributed by atoms with Gasteiger partial charge in [0.1, 0.15) is 5.78 Å². The largest absolute Gasteiger partial charge is 0.352 e. The van der Waals surface area contributed by atoms with Gasteiger partial charge in [-0.15, -0.1) is 0 Å². The number of Topliss-reactive ketones (excluding diaryl/α,β-unsaturated/α-hetero) is 1. The predicted octanol–water partition coefficient (Wildman–Crippen LogP) is 1.34. The van der Waals surface area contributed by atoms with Crippen LogP contribution in [0.2, 0.25) is 0 Å². The number of hydrogen-bond acceptors (Lipinski definition) is 3. The fourth-order valence-electron chi connectivity index (χ4n) is 2.17. The molecule has 98 valence electrons. The zero-order chi connectivity index (χ0) is 12.8. The van der Waals surface area contributed by atoms with Gasteiger partial charge in [0.15, 0.2) is 0 Å². The van der Waals surface area contributed by atoms with Crippen molar-refractivity contribution < 1.29 is 9.59 Å². The van der Waals surface area contributed by atoms with E-state index in [1.807, 2.05) is 11.8 Å². The molecule has 1 amide bonds. The highest BCUT2D eigenvalue weighted by Gasteiger charge is 2.26. The summed E-state index contributed by atoms with van der Waals surface area (Å²) in [6.07, 6.45) is 3.45. The molecule has 1 aliphatic heterocycles. The van der Waals surface area contributed by atoms with Crippen LogP contribution >= 0.6 is 0 Å². The highest BCUT2D eigenvalue weighted by Crippen LogP contribution is 2.10. The van der Waals surface area contributed by atoms with Gasteiger partial charge in [0, 0.05) is 12.5 Å². The highest BCUT2D eigenvalue weighted by molar-refractivity contribution is 5.84. The molecule has 0 radical (unpaired) electrons. The normalized spacial score (nSPS) is 19.4. The van der Waals surface area contributed by atoms with Crippen molar-refractivity contribution in [2.75, 3.05) is 13.1 Å². The molecule has 1 aliphatic rings. The van der Waals surface area contributed by atoms with Crippen LogP contribution in [0.15, 0.2) is 0 Å². The van der Waals surface area contributed by atoms with Crippen LogP contribution in [0.4, 0.5) is 0 Å². The van der Waals surface area contributed by atoms with Crippen molar-refractivity contribution in [1.82, 2.24) is 10.2 Å². The Morgan fingerprint density at radius 1 is 1.41 bits per heavy atom. The standard InChI is InChI=1S/C13H24N2O2/c1-4-11(5-2)14-13(17)10(3)15-8-6-7-12(16)9-15/h10-11H,4-9H2,1-3H3,(H,14,17). The first-order valence-corrected chi connectivity index (χ1v) is 6.64. The number of ketones is 1. The summed E-state index contributed by atoms with van der Waals surface area (Å²) in [4.78, 5) is 25.4. The predicted molar refractivity (Wildman–Crippen MR) is 67.8 cm³/mol. The van der Waals surface area contributed by atoms with Crippen molar-refractivity contribution in [3.05, 3.63) is 0 Å². The molecule has 0 aromatic rings. The summed E-state index contributed by atoms with van der Waals surface area (Å²) in [6, 6.07) is 0.0605. The quantitative estimate of drug-likeness (QED) is 0.789. The van der Waals surface area contributed by atoms with Crippen LogP contribution in [0.25, 0.3) is 0 Å². The minimum absolute atomic E-state index is 0.0494. The van der Waals surface area contributed by atoms with Gasteiger partial charge in [0.2, 0.25) is 5.91 Å². The lowest BCUT2D eigenvalue weighted by molar-refractivity contribution is -0.129. The van der Waals surface area contributed by atoms with Gasteiger partial charge in [-0.2, -0.15) is 0 Å². The molecule has 0 bridgehead atoms. The van der Waals surface area contributed by atoms with Crippen LogP contribution in [-0.4, -0.2) is 41.8 Å². The number of hydrogen-bond donors (Lipinski definition) is 1. The Balaban J connectivity index is 2.47. The van der Waals surface area contributed by atoms with Crippen molar-refractivity contribution in [2.24, 2.45) is 0 Å². The van der Waals surface area contributed by atoms with Gasteiger partial charge in [0.05, 0.1) is 12.6 Å². The highest BCUT2D eigenvalue weighted by atomic mass is 16.2. The second-order valence-corrected chi connectivity index (χ2v) is 4.81. The third kappa shape index (κ3) is 4.11. The van der Waals surface area contributed by atoms with Crippen molar-refractivity contribution in [3.63, 3.8) is 0 Å². The number of piperidine rings is 1. The molecule has 4 nitrogen and oxygen atoms in total. The average Bonchev–Trinajstić information content (AvgIpc) is 2.34. The van der Waals surface area contributed by atoms with Crippen molar-refractivity contribution in [1.29, 1.82) is 0 Å². The number of carbonyl (C=O) groups excluding carboxylic acids is 2. The summed E-state index contributed by atoms with van der Waals surface area (Å²) in [7, 11) is 0. The second kappa shape index (κ2) is 6.74. The lowest BCUT2D eigenvalue weighted by Gasteiger charge is -2.31. The monoisotopic (exact) mass is 240 g/mol. The average molecular weight is 240 g/mol. The minimum Gasteiger partial charge on any atom is -0.352 e. The van der Waals surface area contributed by atoms with E-state index in [0.717, 1.165) is 25.8 Å². The zero-order valence-corrected chi connectivity index (χ0v) is 11.2. The van der Waals surface area contributed by atoms with Gasteiger partial charge >= 0.3 is 0 Å². The van der Waals surface area contributed by atoms with Gasteiger partial charge in [-0.1, -0.05) is 13.8 Å². The maximum Gasteiger partial charge on any atom is 0.237 e. The van der Waals surface area contributed by atoms with Crippen LogP contribution in [0.1, 0.15) is 46.5 Å². The summed E-state index contributed by atoms with van der Waals surface area (Å²) in [5.74, 6) is 0.298. The lowest BCUT2D eigenvalue weighted by atomic mass is 10.1. The fraction of sp³-hybridized carbons (Fsp3) is 0.846. The van der Waals surface area contributed by atoms with Crippen LogP contribution < -0.4 is 5.32 Å². The van der Waals surface area contributed by atoms with Gasteiger partial charge in [-0.25, -0.2) is 0 Å². The molecule has 1 N–H and O–H groups in total. The molecule has 4 heteroatoms. The minimum atomic E-state index is -0.195. The maximum atomic E-state index is 12.0. The van der Waals surface area contributed by atoms with Crippen LogP contribution in [0, 0.1) is 0 Å². The molecule has 0 spiro atoms. The molecule has 0 aliphatic carbocycles. The van der Waals surface area contributed by atoms with E-state index >= 15 is 0 Å². The second-order valence-electron chi connectivity index (χ2n) is 4.81. The van der Waals surface area contributed by atoms with E-state index in [1.54, 1.807) is 0 Å². The van der Waals surface area contributed by atoms with E-state index in [2.05, 4.69) is 19.2 Å². The smallest absolute Gasteiger partial charge is 0.237 e. The van der Waals surface area contributed by atoms with Crippen LogP contribution in [0.5, 0.6) is 0 Å². The first kappa shape index (κ1) is 14.2. The molecular formula is C13H24N2O2. The zero-order valence-electron chi connectivity index (χ0n) is 11.2. The van der Waals surface area contributed by atoms with Gasteiger partial charge in [0.25, 0.3) is 0 Å². The first-order valence-electron chi connectivity index (χ1n) is 6.64. The molecule has 1 rings (SSSR count). The third-order valence-corrected chi connectivity index (χ3v) is 3.54. The molecule has 1 fully saturated rings. The van der Waals surface area contributed by atoms with E-state index in [4.69, 9.17) is 0 Å². The third-order valence-electron chi connectivity index (χ3n) is 3.54. The number of nitrogens with zero attached hydrogens (tertiary/aromatic N) is 1. The molecule has 1 saturated heterocycles. The van der Waals surface area contributed by atoms with Crippen molar-refractivity contribution in [2.45, 2.75) is 58.5 Å². The molecule has 0 aromatic carbocycles. The Labute approximate surface area is 104 Å². The van der Waals surface area contributed by atoms with Crippen molar-refractivity contribution in [3.8, 4) is 0 Å². The topological polar surface area (TPSA) is 49.4 Å². The summed E-state index contributed by atoms with van der Waals surface area (Å²) in [5, 5.41) is 3.04. The Morgan fingerprint density at radius 2 is 2.06 bits per heavy atom. The molecule has 0 aromatic heterocycles. The molecule has 17 heavy (non-hydrogen) atoms. The van der Waals surface area contributed by atoms with E-state index in [9.17, 15) is 9.59 Å². The number of amides is 1. The van der Waals surface area contributed by atoms with E-state index in [0.29, 0.717) is 13.0 Å². The molecular weight excluding hydrogens is 216 g/mol. The van der Waals surface area contributed by atoms with Gasteiger partial charge in [-0.05, 0) is 32.7 Å². The van der Waals surface area contributed by atoms with E-state index < -0.39 is 0 Å². The number of nitrogens with one attached hydrogen (secondary N) is 1. The molecule has 1 atom stereocenters. The van der Waals surface area contributed by atoms with Crippen LogP contribution in [0.3, 0.4) is 0 Å². The first-order chi connectivity index (χ1) is 8.08. The molecule has 0 saturated carbocycles. The van der Waals surface area contributed by atoms with Crippen molar-refractivity contribution >= 4 is 11.7 Å². The van der Waals surface area contributed by atoms with E-state index in [1.165, 1.54) is 0 Å². The fourth-order valence-corrected chi connectivity index (χ4v) is 2.17. The lowest BCUT2D eigenvalue weighted by Crippen LogP contribution is -2.51. The Hall–Kier alpha value is -0.900. The number of likely N-dealkylation sites (tertiary alicyclic amines) is 1. The maximum absolute atomic E-state index is 12.0. The SMILES string of the molecule is CCC(CC)NC(=O)C(C)N1CCCC(=O)C1. The Morgan fingerprint density at radius 3 is 2.59 bits per heavy atom. The molecule has 1 heterocycles. The van der Waals surface area contributed by atoms with Crippen LogP contribution in [-0.2, 0) is 9.59 Å².